The van der Waals surface area contributed by atoms with Crippen LogP contribution in [0.2, 0.25) is 0 Å². The quantitative estimate of drug-likeness (QED) is 0.677. The first kappa shape index (κ1) is 16.6. The number of nitrogens with zero attached hydrogens (tertiary/aromatic N) is 2. The number of carbonyl (C=O) groups excluding carboxylic acids is 2. The van der Waals surface area contributed by atoms with Gasteiger partial charge in [0.25, 0.3) is 11.8 Å². The molecule has 0 saturated heterocycles. The van der Waals surface area contributed by atoms with E-state index < -0.39 is 11.8 Å². The van der Waals surface area contributed by atoms with E-state index in [0.29, 0.717) is 16.9 Å². The Hall–Kier alpha value is -3.27. The first-order valence-corrected chi connectivity index (χ1v) is 7.99. The second-order valence-corrected chi connectivity index (χ2v) is 5.87. The molecule has 4 heteroatoms. The fraction of sp³-hybridized carbons (Fsp3) is 0.0952. The molecular formula is C21H18N2O2. The lowest BCUT2D eigenvalue weighted by atomic mass is 10.1. The van der Waals surface area contributed by atoms with E-state index in [2.05, 4.69) is 4.98 Å². The molecule has 4 nitrogen and oxygen atoms in total. The summed E-state index contributed by atoms with van der Waals surface area (Å²) in [6.07, 6.45) is 1.56. The monoisotopic (exact) mass is 330 g/mol. The molecule has 0 aliphatic heterocycles. The van der Waals surface area contributed by atoms with Crippen LogP contribution in [-0.2, 0) is 0 Å². The predicted octanol–water partition coefficient (Wildman–Crippen LogP) is 4.19. The van der Waals surface area contributed by atoms with Crippen molar-refractivity contribution < 1.29 is 9.59 Å². The maximum Gasteiger partial charge on any atom is 0.266 e. The number of hydrogen-bond donors (Lipinski definition) is 0. The van der Waals surface area contributed by atoms with Crippen LogP contribution in [0.5, 0.6) is 0 Å². The van der Waals surface area contributed by atoms with E-state index in [4.69, 9.17) is 0 Å². The molecule has 0 aliphatic rings. The SMILES string of the molecule is Cc1ccc(C(=O)N(C(=O)c2ccc(C)cc2)c2ccccn2)cc1. The molecule has 124 valence electrons. The van der Waals surface area contributed by atoms with E-state index in [-0.39, 0.29) is 0 Å². The summed E-state index contributed by atoms with van der Waals surface area (Å²) in [6, 6.07) is 19.4. The van der Waals surface area contributed by atoms with Gasteiger partial charge in [0.1, 0.15) is 5.82 Å². The highest BCUT2D eigenvalue weighted by atomic mass is 16.2. The summed E-state index contributed by atoms with van der Waals surface area (Å²) >= 11 is 0. The van der Waals surface area contributed by atoms with Crippen molar-refractivity contribution in [1.29, 1.82) is 0 Å². The molecule has 25 heavy (non-hydrogen) atoms. The minimum atomic E-state index is -0.399. The Morgan fingerprint density at radius 2 is 1.20 bits per heavy atom. The van der Waals surface area contributed by atoms with Crippen LogP contribution in [0.25, 0.3) is 0 Å². The number of carbonyl (C=O) groups is 2. The molecule has 0 radical (unpaired) electrons. The van der Waals surface area contributed by atoms with Crippen LogP contribution in [0, 0.1) is 13.8 Å². The smallest absolute Gasteiger partial charge is 0.266 e. The van der Waals surface area contributed by atoms with E-state index in [1.54, 1.807) is 48.7 Å². The lowest BCUT2D eigenvalue weighted by molar-refractivity contribution is 0.0896. The molecule has 3 aromatic rings. The van der Waals surface area contributed by atoms with Gasteiger partial charge in [-0.05, 0) is 50.2 Å². The fourth-order valence-corrected chi connectivity index (χ4v) is 2.44. The van der Waals surface area contributed by atoms with Gasteiger partial charge in [-0.1, -0.05) is 41.5 Å². The Morgan fingerprint density at radius 3 is 1.60 bits per heavy atom. The highest BCUT2D eigenvalue weighted by molar-refractivity contribution is 6.25. The lowest BCUT2D eigenvalue weighted by Gasteiger charge is -2.20. The molecule has 2 aromatic carbocycles. The Kier molecular flexibility index (Phi) is 4.70. The molecule has 3 rings (SSSR count). The average molecular weight is 330 g/mol. The number of pyridine rings is 1. The first-order chi connectivity index (χ1) is 12.1. The maximum absolute atomic E-state index is 13.0. The molecule has 0 saturated carbocycles. The van der Waals surface area contributed by atoms with Crippen molar-refractivity contribution in [3.63, 3.8) is 0 Å². The number of imide groups is 1. The van der Waals surface area contributed by atoms with Crippen molar-refractivity contribution in [2.45, 2.75) is 13.8 Å². The summed E-state index contributed by atoms with van der Waals surface area (Å²) in [5.74, 6) is -0.493. The van der Waals surface area contributed by atoms with Crippen molar-refractivity contribution in [3.8, 4) is 0 Å². The summed E-state index contributed by atoms with van der Waals surface area (Å²) in [7, 11) is 0. The molecule has 0 atom stereocenters. The van der Waals surface area contributed by atoms with Crippen LogP contribution in [0.4, 0.5) is 5.82 Å². The second-order valence-electron chi connectivity index (χ2n) is 5.87. The summed E-state index contributed by atoms with van der Waals surface area (Å²) in [5.41, 5.74) is 2.98. The molecule has 1 aromatic heterocycles. The summed E-state index contributed by atoms with van der Waals surface area (Å²) in [6.45, 7) is 3.89. The van der Waals surface area contributed by atoms with Gasteiger partial charge < -0.3 is 0 Å². The molecule has 0 aliphatic carbocycles. The van der Waals surface area contributed by atoms with Crippen LogP contribution >= 0.6 is 0 Å². The topological polar surface area (TPSA) is 50.3 Å². The normalized spacial score (nSPS) is 10.3. The highest BCUT2D eigenvalue weighted by Gasteiger charge is 2.26. The van der Waals surface area contributed by atoms with Gasteiger partial charge >= 0.3 is 0 Å². The summed E-state index contributed by atoms with van der Waals surface area (Å²) in [5, 5.41) is 0. The average Bonchev–Trinajstić information content (AvgIpc) is 2.64. The van der Waals surface area contributed by atoms with Crippen molar-refractivity contribution in [2.24, 2.45) is 0 Å². The van der Waals surface area contributed by atoms with Gasteiger partial charge in [-0.15, -0.1) is 0 Å². The van der Waals surface area contributed by atoms with Crippen LogP contribution in [0.3, 0.4) is 0 Å². The fourth-order valence-electron chi connectivity index (χ4n) is 2.44. The van der Waals surface area contributed by atoms with Gasteiger partial charge in [0, 0.05) is 17.3 Å². The predicted molar refractivity (Wildman–Crippen MR) is 97.7 cm³/mol. The Labute approximate surface area is 146 Å². The number of aryl methyl sites for hydroxylation is 2. The van der Waals surface area contributed by atoms with Gasteiger partial charge in [-0.2, -0.15) is 0 Å². The van der Waals surface area contributed by atoms with E-state index in [1.807, 2.05) is 38.1 Å². The minimum absolute atomic E-state index is 0.304. The third-order valence-electron chi connectivity index (χ3n) is 3.88. The van der Waals surface area contributed by atoms with Gasteiger partial charge in [-0.3, -0.25) is 9.59 Å². The number of hydrogen-bond acceptors (Lipinski definition) is 3. The Balaban J connectivity index is 2.03. The Morgan fingerprint density at radius 1 is 0.720 bits per heavy atom. The van der Waals surface area contributed by atoms with Crippen LogP contribution < -0.4 is 4.90 Å². The lowest BCUT2D eigenvalue weighted by Crippen LogP contribution is -2.37. The minimum Gasteiger partial charge on any atom is -0.268 e. The standard InChI is InChI=1S/C21H18N2O2/c1-15-6-10-17(11-7-15)20(24)23(19-5-3-4-14-22-19)21(25)18-12-8-16(2)9-13-18/h3-14H,1-2H3. The molecule has 0 unspecified atom stereocenters. The number of rotatable bonds is 3. The van der Waals surface area contributed by atoms with Gasteiger partial charge in [0.05, 0.1) is 0 Å². The van der Waals surface area contributed by atoms with Crippen molar-refractivity contribution in [2.75, 3.05) is 4.90 Å². The van der Waals surface area contributed by atoms with Crippen LogP contribution in [0.1, 0.15) is 31.8 Å². The Bertz CT molecular complexity index is 828. The van der Waals surface area contributed by atoms with Gasteiger partial charge in [0.15, 0.2) is 0 Å². The van der Waals surface area contributed by atoms with E-state index in [9.17, 15) is 9.59 Å². The van der Waals surface area contributed by atoms with E-state index >= 15 is 0 Å². The molecule has 0 bridgehead atoms. The number of aromatic nitrogens is 1. The maximum atomic E-state index is 13.0. The molecule has 2 amide bonds. The van der Waals surface area contributed by atoms with Gasteiger partial charge in [-0.25, -0.2) is 9.88 Å². The van der Waals surface area contributed by atoms with E-state index in [0.717, 1.165) is 16.0 Å². The van der Waals surface area contributed by atoms with Crippen molar-refractivity contribution in [1.82, 2.24) is 4.98 Å². The summed E-state index contributed by atoms with van der Waals surface area (Å²) < 4.78 is 0. The molecule has 1 heterocycles. The zero-order valence-electron chi connectivity index (χ0n) is 14.1. The second kappa shape index (κ2) is 7.09. The number of benzene rings is 2. The number of amides is 2. The van der Waals surface area contributed by atoms with Crippen LogP contribution in [0.15, 0.2) is 72.9 Å². The molecular weight excluding hydrogens is 312 g/mol. The summed E-state index contributed by atoms with van der Waals surface area (Å²) in [4.78, 5) is 31.3. The van der Waals surface area contributed by atoms with Crippen LogP contribution in [-0.4, -0.2) is 16.8 Å². The zero-order chi connectivity index (χ0) is 17.8. The third-order valence-corrected chi connectivity index (χ3v) is 3.88. The van der Waals surface area contributed by atoms with Gasteiger partial charge in [0.2, 0.25) is 0 Å². The van der Waals surface area contributed by atoms with Crippen molar-refractivity contribution in [3.05, 3.63) is 95.2 Å². The number of anilines is 1. The zero-order valence-corrected chi connectivity index (χ0v) is 14.1. The highest BCUT2D eigenvalue weighted by Crippen LogP contribution is 2.18. The third kappa shape index (κ3) is 3.63. The first-order valence-electron chi connectivity index (χ1n) is 7.99. The van der Waals surface area contributed by atoms with E-state index in [1.165, 1.54) is 0 Å². The van der Waals surface area contributed by atoms with Crippen molar-refractivity contribution >= 4 is 17.6 Å². The largest absolute Gasteiger partial charge is 0.268 e. The molecule has 0 N–H and O–H groups in total. The molecule has 0 spiro atoms. The molecule has 0 fully saturated rings.